The third-order valence-electron chi connectivity index (χ3n) is 4.68. The van der Waals surface area contributed by atoms with E-state index in [-0.39, 0.29) is 17.1 Å². The van der Waals surface area contributed by atoms with Crippen molar-refractivity contribution in [1.82, 2.24) is 5.43 Å². The van der Waals surface area contributed by atoms with Gasteiger partial charge in [0.15, 0.2) is 0 Å². The molecule has 2 rings (SSSR count). The Morgan fingerprint density at radius 3 is 2.19 bits per heavy atom. The topological polar surface area (TPSA) is 47.3 Å². The second-order valence-corrected chi connectivity index (χ2v) is 7.18. The summed E-state index contributed by atoms with van der Waals surface area (Å²) in [7, 11) is 0. The van der Waals surface area contributed by atoms with Crippen LogP contribution in [0.25, 0.3) is 0 Å². The molecule has 1 aromatic carbocycles. The number of hydrazine groups is 1. The van der Waals surface area contributed by atoms with Gasteiger partial charge >= 0.3 is 0 Å². The van der Waals surface area contributed by atoms with Gasteiger partial charge in [0, 0.05) is 6.61 Å². The molecule has 21 heavy (non-hydrogen) atoms. The molecule has 3 N–H and O–H groups in total. The quantitative estimate of drug-likeness (QED) is 0.640. The van der Waals surface area contributed by atoms with Crippen molar-refractivity contribution in [3.05, 3.63) is 35.4 Å². The summed E-state index contributed by atoms with van der Waals surface area (Å²) in [6, 6.07) is 8.89. The second kappa shape index (κ2) is 6.47. The second-order valence-electron chi connectivity index (χ2n) is 7.18. The van der Waals surface area contributed by atoms with Crippen LogP contribution in [0.4, 0.5) is 0 Å². The first kappa shape index (κ1) is 16.5. The van der Waals surface area contributed by atoms with E-state index in [0.717, 1.165) is 19.4 Å². The summed E-state index contributed by atoms with van der Waals surface area (Å²) in [5.41, 5.74) is 5.62. The molecule has 0 aliphatic heterocycles. The summed E-state index contributed by atoms with van der Waals surface area (Å²) in [4.78, 5) is 0. The first-order valence-electron chi connectivity index (χ1n) is 8.13. The van der Waals surface area contributed by atoms with Crippen LogP contribution in [-0.4, -0.2) is 12.2 Å². The molecule has 0 radical (unpaired) electrons. The molecule has 0 saturated heterocycles. The van der Waals surface area contributed by atoms with Crippen LogP contribution in [0.2, 0.25) is 0 Å². The average molecular weight is 290 g/mol. The Hall–Kier alpha value is -0.900. The first-order chi connectivity index (χ1) is 9.93. The molecule has 1 atom stereocenters. The van der Waals surface area contributed by atoms with Gasteiger partial charge in [0.05, 0.1) is 11.6 Å². The highest BCUT2D eigenvalue weighted by atomic mass is 16.5. The molecular weight excluding hydrogens is 260 g/mol. The van der Waals surface area contributed by atoms with Gasteiger partial charge in [-0.1, -0.05) is 57.9 Å². The Morgan fingerprint density at radius 2 is 1.76 bits per heavy atom. The van der Waals surface area contributed by atoms with Crippen molar-refractivity contribution < 1.29 is 4.74 Å². The van der Waals surface area contributed by atoms with Crippen LogP contribution in [0, 0.1) is 0 Å². The zero-order valence-corrected chi connectivity index (χ0v) is 13.9. The molecule has 1 unspecified atom stereocenters. The fourth-order valence-electron chi connectivity index (χ4n) is 3.50. The molecule has 0 spiro atoms. The minimum atomic E-state index is -0.146. The summed E-state index contributed by atoms with van der Waals surface area (Å²) in [5, 5.41) is 0. The highest BCUT2D eigenvalue weighted by Crippen LogP contribution is 2.42. The van der Waals surface area contributed by atoms with Crippen molar-refractivity contribution in [2.24, 2.45) is 5.84 Å². The predicted octanol–water partition coefficient (Wildman–Crippen LogP) is 3.84. The van der Waals surface area contributed by atoms with Gasteiger partial charge in [-0.2, -0.15) is 0 Å². The van der Waals surface area contributed by atoms with Crippen molar-refractivity contribution in [3.63, 3.8) is 0 Å². The number of benzene rings is 1. The zero-order valence-electron chi connectivity index (χ0n) is 13.9. The smallest absolute Gasteiger partial charge is 0.0889 e. The molecule has 118 valence electrons. The molecule has 0 heterocycles. The van der Waals surface area contributed by atoms with E-state index in [2.05, 4.69) is 57.4 Å². The lowest BCUT2D eigenvalue weighted by molar-refractivity contribution is -0.0627. The van der Waals surface area contributed by atoms with E-state index < -0.39 is 0 Å². The fraction of sp³-hybridized carbons (Fsp3) is 0.667. The Balaban J connectivity index is 2.28. The van der Waals surface area contributed by atoms with E-state index in [0.29, 0.717) is 0 Å². The van der Waals surface area contributed by atoms with Gasteiger partial charge < -0.3 is 4.74 Å². The van der Waals surface area contributed by atoms with Crippen LogP contribution in [0.15, 0.2) is 24.3 Å². The van der Waals surface area contributed by atoms with E-state index in [4.69, 9.17) is 10.6 Å². The van der Waals surface area contributed by atoms with Gasteiger partial charge in [-0.3, -0.25) is 11.3 Å². The van der Waals surface area contributed by atoms with E-state index in [1.807, 2.05) is 0 Å². The van der Waals surface area contributed by atoms with Crippen LogP contribution in [0.3, 0.4) is 0 Å². The maximum Gasteiger partial charge on any atom is 0.0889 e. The number of nitrogens with one attached hydrogen (secondary N) is 1. The van der Waals surface area contributed by atoms with Gasteiger partial charge in [0.1, 0.15) is 0 Å². The highest BCUT2D eigenvalue weighted by Gasteiger charge is 2.42. The number of nitrogens with two attached hydrogens (primary N) is 1. The van der Waals surface area contributed by atoms with Crippen LogP contribution >= 0.6 is 0 Å². The first-order valence-corrected chi connectivity index (χ1v) is 8.13. The third kappa shape index (κ3) is 3.47. The number of hydrogen-bond donors (Lipinski definition) is 2. The van der Waals surface area contributed by atoms with Gasteiger partial charge in [0.25, 0.3) is 0 Å². The Morgan fingerprint density at radius 1 is 1.19 bits per heavy atom. The molecule has 1 fully saturated rings. The average Bonchev–Trinajstić information content (AvgIpc) is 2.89. The summed E-state index contributed by atoms with van der Waals surface area (Å²) < 4.78 is 6.15. The monoisotopic (exact) mass is 290 g/mol. The normalized spacial score (nSPS) is 19.7. The molecule has 3 nitrogen and oxygen atoms in total. The van der Waals surface area contributed by atoms with Crippen molar-refractivity contribution >= 4 is 0 Å². The molecule has 3 heteroatoms. The fourth-order valence-corrected chi connectivity index (χ4v) is 3.50. The Bertz CT molecular complexity index is 441. The van der Waals surface area contributed by atoms with Crippen LogP contribution in [0.5, 0.6) is 0 Å². The van der Waals surface area contributed by atoms with Gasteiger partial charge in [-0.15, -0.1) is 0 Å². The minimum Gasteiger partial charge on any atom is -0.373 e. The summed E-state index contributed by atoms with van der Waals surface area (Å²) in [6.45, 7) is 9.51. The third-order valence-corrected chi connectivity index (χ3v) is 4.68. The van der Waals surface area contributed by atoms with Gasteiger partial charge in [0.2, 0.25) is 0 Å². The Labute approximate surface area is 129 Å². The van der Waals surface area contributed by atoms with Crippen LogP contribution in [-0.2, 0) is 10.2 Å². The molecule has 1 aliphatic rings. The van der Waals surface area contributed by atoms with Crippen molar-refractivity contribution in [3.8, 4) is 0 Å². The van der Waals surface area contributed by atoms with Gasteiger partial charge in [-0.25, -0.2) is 0 Å². The lowest BCUT2D eigenvalue weighted by Crippen LogP contribution is -2.47. The lowest BCUT2D eigenvalue weighted by Gasteiger charge is -2.37. The van der Waals surface area contributed by atoms with Crippen LogP contribution in [0.1, 0.15) is 70.5 Å². The maximum absolute atomic E-state index is 6.15. The van der Waals surface area contributed by atoms with Crippen molar-refractivity contribution in [2.75, 3.05) is 6.61 Å². The molecule has 0 aromatic heterocycles. The van der Waals surface area contributed by atoms with Gasteiger partial charge in [-0.05, 0) is 36.3 Å². The van der Waals surface area contributed by atoms with E-state index in [1.165, 1.54) is 24.0 Å². The largest absolute Gasteiger partial charge is 0.373 e. The molecule has 0 bridgehead atoms. The van der Waals surface area contributed by atoms with Crippen LogP contribution < -0.4 is 11.3 Å². The van der Waals surface area contributed by atoms with E-state index >= 15 is 0 Å². The molecule has 0 amide bonds. The predicted molar refractivity (Wildman–Crippen MR) is 88.0 cm³/mol. The summed E-state index contributed by atoms with van der Waals surface area (Å²) >= 11 is 0. The van der Waals surface area contributed by atoms with Crippen molar-refractivity contribution in [1.29, 1.82) is 0 Å². The standard InChI is InChI=1S/C18H30N2O/c1-5-21-18(12-6-7-13-18)16(20-19)14-8-10-15(11-9-14)17(2,3)4/h8-11,16,20H,5-7,12-13,19H2,1-4H3. The SMILES string of the molecule is CCOC1(C(NN)c2ccc(C(C)(C)C)cc2)CCCC1. The maximum atomic E-state index is 6.15. The van der Waals surface area contributed by atoms with Crippen molar-refractivity contribution in [2.45, 2.75) is 70.4 Å². The molecule has 1 saturated carbocycles. The molecule has 1 aliphatic carbocycles. The highest BCUT2D eigenvalue weighted by molar-refractivity contribution is 5.31. The number of hydrogen-bond acceptors (Lipinski definition) is 3. The lowest BCUT2D eigenvalue weighted by atomic mass is 9.83. The number of ether oxygens (including phenoxy) is 1. The number of rotatable bonds is 5. The molecular formula is C18H30N2O. The zero-order chi connectivity index (χ0) is 15.5. The summed E-state index contributed by atoms with van der Waals surface area (Å²) in [6.07, 6.45) is 4.60. The van der Waals surface area contributed by atoms with E-state index in [1.54, 1.807) is 0 Å². The molecule has 1 aromatic rings. The Kier molecular flexibility index (Phi) is 5.07. The minimum absolute atomic E-state index is 0.0639. The summed E-state index contributed by atoms with van der Waals surface area (Å²) in [5.74, 6) is 5.89. The van der Waals surface area contributed by atoms with E-state index in [9.17, 15) is 0 Å².